The van der Waals surface area contributed by atoms with Crippen molar-refractivity contribution in [1.29, 1.82) is 0 Å². The molecule has 190 valence electrons. The van der Waals surface area contributed by atoms with E-state index in [-0.39, 0.29) is 35.2 Å². The van der Waals surface area contributed by atoms with Crippen LogP contribution < -0.4 is 20.9 Å². The Hall–Kier alpha value is -3.17. The normalized spacial score (nSPS) is 14.4. The van der Waals surface area contributed by atoms with Gasteiger partial charge in [0.25, 0.3) is 5.56 Å². The molecule has 0 aliphatic heterocycles. The quantitative estimate of drug-likeness (QED) is 0.249. The van der Waals surface area contributed by atoms with Crippen LogP contribution >= 0.6 is 7.52 Å². The number of nitrogens with one attached hydrogen (secondary N) is 2. The fourth-order valence-electron chi connectivity index (χ4n) is 3.54. The van der Waals surface area contributed by atoms with Gasteiger partial charge in [-0.05, 0) is 44.2 Å². The average Bonchev–Trinajstić information content (AvgIpc) is 3.20. The Bertz CT molecular complexity index is 1260. The third kappa shape index (κ3) is 7.16. The lowest BCUT2D eigenvalue weighted by Crippen LogP contribution is -2.35. The Labute approximate surface area is 203 Å². The minimum Gasteiger partial charge on any atom is -0.465 e. The number of benzene rings is 1. The maximum Gasteiger partial charge on any atom is 0.323 e. The van der Waals surface area contributed by atoms with E-state index in [9.17, 15) is 14.2 Å². The number of carbonyl (C=O) groups excluding carboxylic acids is 1. The third-order valence-electron chi connectivity index (χ3n) is 5.63. The number of aromatic amines is 1. The number of para-hydroxylation sites is 1. The topological polar surface area (TPSA) is 154 Å². The number of hydrogen-bond acceptors (Lipinski definition) is 8. The number of nitrogens with two attached hydrogens (primary N) is 1. The molecule has 1 unspecified atom stereocenters. The molecule has 0 aliphatic rings. The summed E-state index contributed by atoms with van der Waals surface area (Å²) in [6, 6.07) is 8.07. The van der Waals surface area contributed by atoms with Crippen LogP contribution in [0.2, 0.25) is 0 Å². The second-order valence-electron chi connectivity index (χ2n) is 9.13. The molecule has 0 saturated heterocycles. The summed E-state index contributed by atoms with van der Waals surface area (Å²) in [7, 11) is -3.45. The number of H-pyrrole nitrogens is 1. The second-order valence-corrected chi connectivity index (χ2v) is 11.4. The number of anilines is 1. The molecule has 1 aromatic carbocycles. The highest BCUT2D eigenvalue weighted by Gasteiger charge is 2.33. The first-order chi connectivity index (χ1) is 16.5. The van der Waals surface area contributed by atoms with E-state index in [1.807, 2.05) is 6.07 Å². The molecular weight excluding hydrogens is 471 g/mol. The summed E-state index contributed by atoms with van der Waals surface area (Å²) in [5, 5.41) is 2.89. The highest BCUT2D eigenvalue weighted by molar-refractivity contribution is 7.57. The largest absolute Gasteiger partial charge is 0.465 e. The van der Waals surface area contributed by atoms with Crippen molar-refractivity contribution in [2.24, 2.45) is 5.41 Å². The SMILES string of the molecule is CCOC(=O)[C@@H](C)NP(=O)(CCC(C)(C)CCn1cnc2c(=O)[nH]c(N)nc21)Oc1ccccc1. The van der Waals surface area contributed by atoms with Crippen LogP contribution in [-0.2, 0) is 20.6 Å². The molecule has 2 atom stereocenters. The van der Waals surface area contributed by atoms with E-state index in [0.717, 1.165) is 0 Å². The molecule has 3 rings (SSSR count). The summed E-state index contributed by atoms with van der Waals surface area (Å²) >= 11 is 0. The number of hydrogen-bond donors (Lipinski definition) is 3. The monoisotopic (exact) mass is 504 g/mol. The number of imidazole rings is 1. The van der Waals surface area contributed by atoms with Crippen LogP contribution in [0.3, 0.4) is 0 Å². The van der Waals surface area contributed by atoms with Crippen molar-refractivity contribution in [3.8, 4) is 5.75 Å². The minimum absolute atomic E-state index is 0.0318. The second kappa shape index (κ2) is 11.0. The number of nitrogen functional groups attached to an aromatic ring is 1. The van der Waals surface area contributed by atoms with Crippen molar-refractivity contribution in [1.82, 2.24) is 24.6 Å². The predicted octanol–water partition coefficient (Wildman–Crippen LogP) is 3.32. The Balaban J connectivity index is 1.70. The summed E-state index contributed by atoms with van der Waals surface area (Å²) in [5.74, 6) is -0.00216. The van der Waals surface area contributed by atoms with E-state index in [1.165, 1.54) is 0 Å². The number of fused-ring (bicyclic) bond motifs is 1. The first-order valence-electron chi connectivity index (χ1n) is 11.5. The molecule has 0 spiro atoms. The van der Waals surface area contributed by atoms with Crippen molar-refractivity contribution in [3.63, 3.8) is 0 Å². The number of ether oxygens (including phenoxy) is 1. The zero-order chi connectivity index (χ0) is 25.6. The van der Waals surface area contributed by atoms with Crippen molar-refractivity contribution in [2.75, 3.05) is 18.5 Å². The van der Waals surface area contributed by atoms with E-state index < -0.39 is 19.5 Å². The molecule has 35 heavy (non-hydrogen) atoms. The Morgan fingerprint density at radius 1 is 1.29 bits per heavy atom. The van der Waals surface area contributed by atoms with Gasteiger partial charge in [0.05, 0.1) is 19.1 Å². The van der Waals surface area contributed by atoms with Crippen molar-refractivity contribution >= 4 is 30.6 Å². The fourth-order valence-corrected chi connectivity index (χ4v) is 5.87. The standard InChI is InChI=1S/C23H33N6O5P/c1-5-33-21(31)16(2)28-35(32,34-17-9-7-6-8-10-17)14-12-23(3,4)11-13-29-15-25-18-19(29)26-22(24)27-20(18)30/h6-10,15-16H,5,11-14H2,1-4H3,(H,28,32)(H3,24,26,27,30)/t16-,35?/m1/s1. The molecule has 4 N–H and O–H groups in total. The lowest BCUT2D eigenvalue weighted by Gasteiger charge is -2.29. The zero-order valence-corrected chi connectivity index (χ0v) is 21.4. The number of carbonyl (C=O) groups is 1. The van der Waals surface area contributed by atoms with Crippen LogP contribution in [-0.4, -0.2) is 44.3 Å². The number of nitrogens with zero attached hydrogens (tertiary/aromatic N) is 3. The fraction of sp³-hybridized carbons (Fsp3) is 0.478. The smallest absolute Gasteiger partial charge is 0.323 e. The van der Waals surface area contributed by atoms with Gasteiger partial charge in [-0.3, -0.25) is 19.1 Å². The van der Waals surface area contributed by atoms with Crippen LogP contribution in [0.25, 0.3) is 11.2 Å². The van der Waals surface area contributed by atoms with E-state index >= 15 is 0 Å². The number of aryl methyl sites for hydroxylation is 1. The highest BCUT2D eigenvalue weighted by atomic mass is 31.2. The van der Waals surface area contributed by atoms with Crippen LogP contribution in [0.4, 0.5) is 5.95 Å². The van der Waals surface area contributed by atoms with E-state index in [2.05, 4.69) is 33.9 Å². The molecule has 0 bridgehead atoms. The maximum atomic E-state index is 13.8. The molecule has 11 nitrogen and oxygen atoms in total. The third-order valence-corrected chi connectivity index (χ3v) is 7.73. The Kier molecular flexibility index (Phi) is 8.34. The molecule has 0 fully saturated rings. The van der Waals surface area contributed by atoms with Crippen LogP contribution in [0.5, 0.6) is 5.75 Å². The van der Waals surface area contributed by atoms with E-state index in [1.54, 1.807) is 49.0 Å². The molecule has 2 aromatic heterocycles. The van der Waals surface area contributed by atoms with Crippen LogP contribution in [0.15, 0.2) is 41.5 Å². The summed E-state index contributed by atoms with van der Waals surface area (Å²) in [5.41, 5.74) is 5.69. The summed E-state index contributed by atoms with van der Waals surface area (Å²) in [4.78, 5) is 34.9. The number of aromatic nitrogens is 4. The van der Waals surface area contributed by atoms with Gasteiger partial charge in [-0.15, -0.1) is 0 Å². The average molecular weight is 505 g/mol. The van der Waals surface area contributed by atoms with Crippen molar-refractivity contribution in [3.05, 3.63) is 47.0 Å². The van der Waals surface area contributed by atoms with Gasteiger partial charge in [0.2, 0.25) is 5.95 Å². The molecule has 12 heteroatoms. The zero-order valence-electron chi connectivity index (χ0n) is 20.5. The molecule has 0 radical (unpaired) electrons. The summed E-state index contributed by atoms with van der Waals surface area (Å²) in [6.07, 6.45) is 3.00. The molecule has 0 saturated carbocycles. The van der Waals surface area contributed by atoms with Gasteiger partial charge in [0, 0.05) is 6.54 Å². The summed E-state index contributed by atoms with van der Waals surface area (Å²) in [6.45, 7) is 8.21. The van der Waals surface area contributed by atoms with Crippen molar-refractivity contribution in [2.45, 2.75) is 53.1 Å². The number of esters is 1. The molecular formula is C23H33N6O5P. The van der Waals surface area contributed by atoms with Gasteiger partial charge >= 0.3 is 13.5 Å². The maximum absolute atomic E-state index is 13.8. The van der Waals surface area contributed by atoms with Crippen LogP contribution in [0, 0.1) is 5.41 Å². The van der Waals surface area contributed by atoms with E-state index in [4.69, 9.17) is 15.0 Å². The molecule has 0 aliphatic carbocycles. The van der Waals surface area contributed by atoms with Gasteiger partial charge in [0.1, 0.15) is 11.8 Å². The number of rotatable bonds is 12. The summed E-state index contributed by atoms with van der Waals surface area (Å²) < 4.78 is 26.5. The van der Waals surface area contributed by atoms with Gasteiger partial charge in [-0.25, -0.2) is 10.1 Å². The first-order valence-corrected chi connectivity index (χ1v) is 13.3. The van der Waals surface area contributed by atoms with E-state index in [0.29, 0.717) is 30.8 Å². The lowest BCUT2D eigenvalue weighted by atomic mass is 9.86. The van der Waals surface area contributed by atoms with Crippen LogP contribution in [0.1, 0.15) is 40.5 Å². The lowest BCUT2D eigenvalue weighted by molar-refractivity contribution is -0.144. The first kappa shape index (κ1) is 26.4. The van der Waals surface area contributed by atoms with Gasteiger partial charge < -0.3 is 19.6 Å². The molecule has 0 amide bonds. The Morgan fingerprint density at radius 2 is 2.00 bits per heavy atom. The van der Waals surface area contributed by atoms with Crippen molar-refractivity contribution < 1.29 is 18.6 Å². The predicted molar refractivity (Wildman–Crippen MR) is 134 cm³/mol. The molecule has 2 heterocycles. The highest BCUT2D eigenvalue weighted by Crippen LogP contribution is 2.46. The van der Waals surface area contributed by atoms with Gasteiger partial charge in [-0.2, -0.15) is 4.98 Å². The minimum atomic E-state index is -3.45. The Morgan fingerprint density at radius 3 is 2.69 bits per heavy atom. The molecule has 3 aromatic rings. The van der Waals surface area contributed by atoms with Gasteiger partial charge in [0.15, 0.2) is 11.2 Å². The van der Waals surface area contributed by atoms with Gasteiger partial charge in [-0.1, -0.05) is 32.0 Å².